The molecule has 0 bridgehead atoms. The smallest absolute Gasteiger partial charge is 0.184 e. The predicted octanol–water partition coefficient (Wildman–Crippen LogP) is 2.34. The van der Waals surface area contributed by atoms with Crippen molar-refractivity contribution in [2.24, 2.45) is 0 Å². The van der Waals surface area contributed by atoms with Gasteiger partial charge in [-0.05, 0) is 6.42 Å². The molecule has 0 fully saturated rings. The van der Waals surface area contributed by atoms with Crippen LogP contribution in [0.25, 0.3) is 0 Å². The average Bonchev–Trinajstić information content (AvgIpc) is 2.45. The van der Waals surface area contributed by atoms with Crippen molar-refractivity contribution >= 4 is 13.6 Å². The Balaban J connectivity index is 3.20. The maximum absolute atomic E-state index is 11.1. The molecule has 0 saturated heterocycles. The Morgan fingerprint density at radius 2 is 1.36 bits per heavy atom. The van der Waals surface area contributed by atoms with E-state index in [2.05, 4.69) is 11.4 Å². The van der Waals surface area contributed by atoms with E-state index in [1.54, 1.807) is 0 Å². The molecule has 0 atom stereocenters. The number of unbranched alkanes of at least 4 members (excludes halogenated alkanes) is 9. The van der Waals surface area contributed by atoms with Gasteiger partial charge in [-0.25, -0.2) is 0 Å². The van der Waals surface area contributed by atoms with E-state index in [4.69, 9.17) is 4.74 Å². The van der Waals surface area contributed by atoms with E-state index >= 15 is 0 Å². The summed E-state index contributed by atoms with van der Waals surface area (Å²) in [6.07, 6.45) is 12.2. The van der Waals surface area contributed by atoms with Gasteiger partial charge in [-0.1, -0.05) is 64.7 Å². The van der Waals surface area contributed by atoms with Crippen molar-refractivity contribution in [3.05, 3.63) is 0 Å². The minimum absolute atomic E-state index is 0.211. The second-order valence-corrected chi connectivity index (χ2v) is 6.65. The van der Waals surface area contributed by atoms with Crippen LogP contribution in [0.2, 0.25) is 0 Å². The summed E-state index contributed by atoms with van der Waals surface area (Å²) in [5.41, 5.74) is 0. The molecule has 22 heavy (non-hydrogen) atoms. The fourth-order valence-corrected chi connectivity index (χ4v) is 2.37. The summed E-state index contributed by atoms with van der Waals surface area (Å²) in [5, 5.41) is 0. The maximum Gasteiger partial charge on any atom is 0.184 e. The van der Waals surface area contributed by atoms with Crippen LogP contribution < -0.4 is 9.79 Å². The van der Waals surface area contributed by atoms with Crippen molar-refractivity contribution in [1.82, 2.24) is 0 Å². The van der Waals surface area contributed by atoms with Crippen LogP contribution in [-0.2, 0) is 18.6 Å². The lowest BCUT2D eigenvalue weighted by molar-refractivity contribution is -0.341. The molecule has 0 aliphatic heterocycles. The van der Waals surface area contributed by atoms with Crippen molar-refractivity contribution in [3.8, 4) is 0 Å². The quantitative estimate of drug-likeness (QED) is 0.317. The van der Waals surface area contributed by atoms with Gasteiger partial charge in [0.05, 0.1) is 7.82 Å². The van der Waals surface area contributed by atoms with Gasteiger partial charge in [0, 0.05) is 6.61 Å². The Hall–Kier alpha value is -0.260. The lowest BCUT2D eigenvalue weighted by atomic mass is 10.1. The van der Waals surface area contributed by atoms with E-state index in [-0.39, 0.29) is 6.61 Å². The van der Waals surface area contributed by atoms with Gasteiger partial charge in [-0.3, -0.25) is 4.79 Å². The zero-order valence-electron chi connectivity index (χ0n) is 13.6. The summed E-state index contributed by atoms with van der Waals surface area (Å²) in [5.74, 6) is -0.543. The van der Waals surface area contributed by atoms with Crippen LogP contribution in [0.3, 0.4) is 0 Å². The molecule has 6 nitrogen and oxygen atoms in total. The Labute approximate surface area is 133 Å². The predicted molar refractivity (Wildman–Crippen MR) is 81.2 cm³/mol. The lowest BCUT2D eigenvalue weighted by Gasteiger charge is -2.27. The first-order valence-corrected chi connectivity index (χ1v) is 9.68. The lowest BCUT2D eigenvalue weighted by Crippen LogP contribution is -2.22. The van der Waals surface area contributed by atoms with E-state index in [0.29, 0.717) is 6.61 Å². The third kappa shape index (κ3) is 17.8. The van der Waals surface area contributed by atoms with Gasteiger partial charge in [-0.15, -0.1) is 0 Å². The molecule has 0 aromatic carbocycles. The molecular weight excluding hydrogens is 307 g/mol. The van der Waals surface area contributed by atoms with Crippen LogP contribution in [0.4, 0.5) is 0 Å². The van der Waals surface area contributed by atoms with Gasteiger partial charge in [-0.2, -0.15) is 0 Å². The van der Waals surface area contributed by atoms with Crippen molar-refractivity contribution < 1.29 is 28.4 Å². The fraction of sp³-hybridized carbons (Fsp3) is 0.933. The van der Waals surface area contributed by atoms with Crippen molar-refractivity contribution in [3.63, 3.8) is 0 Å². The molecule has 0 amide bonds. The maximum atomic E-state index is 11.1. The van der Waals surface area contributed by atoms with Crippen LogP contribution >= 0.6 is 7.82 Å². The highest BCUT2D eigenvalue weighted by molar-refractivity contribution is 7.43. The molecule has 132 valence electrons. The molecule has 0 aliphatic carbocycles. The monoisotopic (exact) mass is 336 g/mol. The molecule has 0 rings (SSSR count). The fourth-order valence-electron chi connectivity index (χ4n) is 2.07. The first kappa shape index (κ1) is 21.7. The number of hydrogen-bond acceptors (Lipinski definition) is 6. The standard InChI is InChI=1S/C15H31O6P/c1-2-3-4-5-6-7-8-9-10-11-12-20-13-15(16)14-21-22(17,18)19/h2-14H2,1H3,(H2,17,18,19)/p-2. The first-order chi connectivity index (χ1) is 10.5. The zero-order valence-corrected chi connectivity index (χ0v) is 14.5. The average molecular weight is 336 g/mol. The summed E-state index contributed by atoms with van der Waals surface area (Å²) in [7, 11) is -5.07. The number of ether oxygens (including phenoxy) is 1. The van der Waals surface area contributed by atoms with Crippen LogP contribution in [-0.4, -0.2) is 25.6 Å². The Morgan fingerprint density at radius 1 is 0.864 bits per heavy atom. The van der Waals surface area contributed by atoms with Gasteiger partial charge in [0.1, 0.15) is 13.2 Å². The van der Waals surface area contributed by atoms with E-state index in [0.717, 1.165) is 12.8 Å². The summed E-state index contributed by atoms with van der Waals surface area (Å²) in [4.78, 5) is 31.5. The van der Waals surface area contributed by atoms with Crippen LogP contribution in [0.5, 0.6) is 0 Å². The Bertz CT molecular complexity index is 315. The summed E-state index contributed by atoms with van der Waals surface area (Å²) < 4.78 is 19.1. The second kappa shape index (κ2) is 14.3. The molecule has 0 N–H and O–H groups in total. The molecular formula is C15H29O6P-2. The Morgan fingerprint density at radius 3 is 1.86 bits per heavy atom. The van der Waals surface area contributed by atoms with Gasteiger partial charge in [0.15, 0.2) is 5.78 Å². The van der Waals surface area contributed by atoms with E-state index in [9.17, 15) is 19.1 Å². The molecule has 0 aromatic heterocycles. The number of carbonyl (C=O) groups excluding carboxylic acids is 1. The van der Waals surface area contributed by atoms with Crippen molar-refractivity contribution in [2.45, 2.75) is 71.1 Å². The number of phosphoric ester groups is 1. The number of hydrogen-bond donors (Lipinski definition) is 0. The van der Waals surface area contributed by atoms with Crippen LogP contribution in [0, 0.1) is 0 Å². The number of ketones is 1. The minimum atomic E-state index is -5.07. The summed E-state index contributed by atoms with van der Waals surface area (Å²) in [6, 6.07) is 0. The highest BCUT2D eigenvalue weighted by Crippen LogP contribution is 2.23. The van der Waals surface area contributed by atoms with Crippen LogP contribution in [0.1, 0.15) is 71.1 Å². The minimum Gasteiger partial charge on any atom is -0.790 e. The number of Topliss-reactive ketones (excluding diaryl/α,β-unsaturated/α-hetero) is 1. The van der Waals surface area contributed by atoms with Crippen molar-refractivity contribution in [1.29, 1.82) is 0 Å². The molecule has 0 aliphatic rings. The molecule has 0 saturated carbocycles. The molecule has 7 heteroatoms. The summed E-state index contributed by atoms with van der Waals surface area (Å²) in [6.45, 7) is 1.74. The Kier molecular flexibility index (Phi) is 14.2. The van der Waals surface area contributed by atoms with E-state index in [1.807, 2.05) is 0 Å². The van der Waals surface area contributed by atoms with Gasteiger partial charge in [0.25, 0.3) is 0 Å². The van der Waals surface area contributed by atoms with E-state index < -0.39 is 20.2 Å². The molecule has 0 unspecified atom stereocenters. The second-order valence-electron chi connectivity index (χ2n) is 5.49. The number of rotatable bonds is 16. The highest BCUT2D eigenvalue weighted by Gasteiger charge is 2.03. The normalized spacial score (nSPS) is 11.8. The van der Waals surface area contributed by atoms with Gasteiger partial charge < -0.3 is 23.6 Å². The third-order valence-corrected chi connectivity index (χ3v) is 3.73. The van der Waals surface area contributed by atoms with Crippen LogP contribution in [0.15, 0.2) is 0 Å². The number of phosphoric acid groups is 1. The molecule has 0 spiro atoms. The molecule has 0 radical (unpaired) electrons. The zero-order chi connectivity index (χ0) is 16.7. The molecule has 0 aromatic rings. The van der Waals surface area contributed by atoms with Crippen molar-refractivity contribution in [2.75, 3.05) is 19.8 Å². The molecule has 0 heterocycles. The first-order valence-electron chi connectivity index (χ1n) is 8.21. The third-order valence-electron chi connectivity index (χ3n) is 3.29. The number of carbonyl (C=O) groups is 1. The SMILES string of the molecule is CCCCCCCCCCCCOCC(=O)COP(=O)([O-])[O-]. The van der Waals surface area contributed by atoms with E-state index in [1.165, 1.54) is 51.4 Å². The van der Waals surface area contributed by atoms with Gasteiger partial charge >= 0.3 is 0 Å². The summed E-state index contributed by atoms with van der Waals surface area (Å²) >= 11 is 0. The largest absolute Gasteiger partial charge is 0.790 e. The topological polar surface area (TPSA) is 98.7 Å². The highest BCUT2D eigenvalue weighted by atomic mass is 31.2. The van der Waals surface area contributed by atoms with Gasteiger partial charge in [0.2, 0.25) is 0 Å².